The molecule has 0 aliphatic rings. The Kier molecular flexibility index (Phi) is 5.78. The Balaban J connectivity index is 2.24. The molecule has 8 heteroatoms. The van der Waals surface area contributed by atoms with E-state index in [1.54, 1.807) is 31.4 Å². The van der Waals surface area contributed by atoms with Gasteiger partial charge in [-0.05, 0) is 42.3 Å². The van der Waals surface area contributed by atoms with E-state index in [4.69, 9.17) is 9.84 Å². The molecule has 0 bridgehead atoms. The highest BCUT2D eigenvalue weighted by molar-refractivity contribution is 7.89. The van der Waals surface area contributed by atoms with Crippen LogP contribution in [0.5, 0.6) is 5.75 Å². The maximum atomic E-state index is 12.3. The molecule has 0 fully saturated rings. The summed E-state index contributed by atoms with van der Waals surface area (Å²) in [5.41, 5.74) is 1.68. The Hall–Kier alpha value is -2.42. The van der Waals surface area contributed by atoms with Crippen LogP contribution in [0.3, 0.4) is 0 Å². The number of hydrogen-bond donors (Lipinski definition) is 3. The van der Waals surface area contributed by atoms with E-state index in [0.717, 1.165) is 11.1 Å². The first-order valence-corrected chi connectivity index (χ1v) is 8.90. The molecule has 25 heavy (non-hydrogen) atoms. The van der Waals surface area contributed by atoms with Crippen LogP contribution in [0, 0.1) is 0 Å². The number of carbonyl (C=O) groups is 1. The maximum Gasteiger partial charge on any atom is 0.324 e. The van der Waals surface area contributed by atoms with Gasteiger partial charge in [0.15, 0.2) is 0 Å². The number of aliphatic hydroxyl groups is 1. The molecule has 0 aromatic heterocycles. The van der Waals surface area contributed by atoms with Crippen molar-refractivity contribution in [2.75, 3.05) is 7.11 Å². The first-order valence-electron chi connectivity index (χ1n) is 7.42. The smallest absolute Gasteiger partial charge is 0.324 e. The second-order valence-corrected chi connectivity index (χ2v) is 7.14. The Morgan fingerprint density at radius 3 is 1.92 bits per heavy atom. The van der Waals surface area contributed by atoms with Crippen molar-refractivity contribution in [1.29, 1.82) is 0 Å². The number of aliphatic hydroxyl groups excluding tert-OH is 1. The summed E-state index contributed by atoms with van der Waals surface area (Å²) in [6.45, 7) is 1.20. The Morgan fingerprint density at radius 2 is 1.52 bits per heavy atom. The van der Waals surface area contributed by atoms with Crippen LogP contribution in [0.4, 0.5) is 0 Å². The van der Waals surface area contributed by atoms with Gasteiger partial charge >= 0.3 is 5.97 Å². The van der Waals surface area contributed by atoms with Gasteiger partial charge in [0, 0.05) is 0 Å². The van der Waals surface area contributed by atoms with E-state index in [0.29, 0.717) is 5.75 Å². The largest absolute Gasteiger partial charge is 0.497 e. The SMILES string of the molecule is COc1ccc(-c2ccc(S(=O)(=O)NC(C(=O)O)C(C)O)cc2)cc1. The number of methoxy groups -OCH3 is 1. The molecule has 134 valence electrons. The van der Waals surface area contributed by atoms with E-state index in [1.165, 1.54) is 19.1 Å². The third kappa shape index (κ3) is 4.56. The lowest BCUT2D eigenvalue weighted by Crippen LogP contribution is -2.47. The van der Waals surface area contributed by atoms with Crippen LogP contribution in [-0.4, -0.2) is 43.9 Å². The minimum absolute atomic E-state index is 0.0864. The molecular weight excluding hydrogens is 346 g/mol. The maximum absolute atomic E-state index is 12.3. The van der Waals surface area contributed by atoms with Gasteiger partial charge in [0.25, 0.3) is 0 Å². The molecule has 0 spiro atoms. The molecule has 0 aliphatic carbocycles. The summed E-state index contributed by atoms with van der Waals surface area (Å²) in [5.74, 6) is -0.738. The second-order valence-electron chi connectivity index (χ2n) is 5.43. The summed E-state index contributed by atoms with van der Waals surface area (Å²) in [4.78, 5) is 11.0. The van der Waals surface area contributed by atoms with Crippen molar-refractivity contribution < 1.29 is 28.2 Å². The number of carboxylic acids is 1. The van der Waals surface area contributed by atoms with E-state index in [-0.39, 0.29) is 4.90 Å². The molecule has 0 heterocycles. The molecule has 7 nitrogen and oxygen atoms in total. The van der Waals surface area contributed by atoms with Crippen LogP contribution >= 0.6 is 0 Å². The standard InChI is InChI=1S/C17H19NO6S/c1-11(19)16(17(20)21)18-25(22,23)15-9-5-13(6-10-15)12-3-7-14(24-2)8-4-12/h3-11,16,18-19H,1-2H3,(H,20,21). The number of rotatable bonds is 7. The lowest BCUT2D eigenvalue weighted by Gasteiger charge is -2.17. The van der Waals surface area contributed by atoms with Gasteiger partial charge < -0.3 is 14.9 Å². The summed E-state index contributed by atoms with van der Waals surface area (Å²) >= 11 is 0. The van der Waals surface area contributed by atoms with Crippen molar-refractivity contribution in [2.24, 2.45) is 0 Å². The lowest BCUT2D eigenvalue weighted by atomic mass is 10.1. The number of hydrogen-bond acceptors (Lipinski definition) is 5. The van der Waals surface area contributed by atoms with Crippen LogP contribution in [0.1, 0.15) is 6.92 Å². The van der Waals surface area contributed by atoms with Gasteiger partial charge in [0.2, 0.25) is 10.0 Å². The average molecular weight is 365 g/mol. The molecule has 2 aromatic rings. The summed E-state index contributed by atoms with van der Waals surface area (Å²) < 4.78 is 31.6. The number of ether oxygens (including phenoxy) is 1. The fraction of sp³-hybridized carbons (Fsp3) is 0.235. The normalized spacial score (nSPS) is 13.9. The van der Waals surface area contributed by atoms with Crippen LogP contribution in [0.2, 0.25) is 0 Å². The first kappa shape index (κ1) is 18.9. The molecule has 2 aromatic carbocycles. The first-order chi connectivity index (χ1) is 11.7. The number of aliphatic carboxylic acids is 1. The fourth-order valence-electron chi connectivity index (χ4n) is 2.20. The highest BCUT2D eigenvalue weighted by Crippen LogP contribution is 2.23. The van der Waals surface area contributed by atoms with Crippen LogP contribution in [-0.2, 0) is 14.8 Å². The van der Waals surface area contributed by atoms with Crippen molar-refractivity contribution in [3.05, 3.63) is 48.5 Å². The van der Waals surface area contributed by atoms with E-state index in [9.17, 15) is 18.3 Å². The molecule has 2 unspecified atom stereocenters. The van der Waals surface area contributed by atoms with Gasteiger partial charge in [0.1, 0.15) is 11.8 Å². The van der Waals surface area contributed by atoms with Crippen molar-refractivity contribution in [3.8, 4) is 16.9 Å². The third-order valence-corrected chi connectivity index (χ3v) is 5.08. The predicted octanol–water partition coefficient (Wildman–Crippen LogP) is 1.47. The monoisotopic (exact) mass is 365 g/mol. The highest BCUT2D eigenvalue weighted by atomic mass is 32.2. The highest BCUT2D eigenvalue weighted by Gasteiger charge is 2.29. The zero-order valence-corrected chi connectivity index (χ0v) is 14.5. The minimum atomic E-state index is -4.07. The molecule has 2 atom stereocenters. The zero-order valence-electron chi connectivity index (χ0n) is 13.7. The molecular formula is C17H19NO6S. The number of benzene rings is 2. The predicted molar refractivity (Wildman–Crippen MR) is 91.9 cm³/mol. The fourth-order valence-corrected chi connectivity index (χ4v) is 3.46. The van der Waals surface area contributed by atoms with Gasteiger partial charge in [-0.1, -0.05) is 24.3 Å². The van der Waals surface area contributed by atoms with Crippen molar-refractivity contribution in [3.63, 3.8) is 0 Å². The molecule has 0 saturated heterocycles. The van der Waals surface area contributed by atoms with Gasteiger partial charge in [-0.2, -0.15) is 4.72 Å². The molecule has 0 saturated carbocycles. The van der Waals surface area contributed by atoms with Crippen molar-refractivity contribution in [1.82, 2.24) is 4.72 Å². The Bertz CT molecular complexity index is 828. The van der Waals surface area contributed by atoms with Crippen LogP contribution in [0.15, 0.2) is 53.4 Å². The van der Waals surface area contributed by atoms with Crippen LogP contribution < -0.4 is 9.46 Å². The third-order valence-electron chi connectivity index (χ3n) is 3.62. The molecule has 0 aliphatic heterocycles. The van der Waals surface area contributed by atoms with Crippen LogP contribution in [0.25, 0.3) is 11.1 Å². The van der Waals surface area contributed by atoms with Gasteiger partial charge in [-0.25, -0.2) is 8.42 Å². The van der Waals surface area contributed by atoms with Crippen molar-refractivity contribution >= 4 is 16.0 Å². The Labute approximate surface area is 145 Å². The van der Waals surface area contributed by atoms with Gasteiger partial charge in [0.05, 0.1) is 18.1 Å². The topological polar surface area (TPSA) is 113 Å². The quantitative estimate of drug-likeness (QED) is 0.685. The summed E-state index contributed by atoms with van der Waals surface area (Å²) in [7, 11) is -2.50. The van der Waals surface area contributed by atoms with Gasteiger partial charge in [-0.15, -0.1) is 0 Å². The molecule has 0 amide bonds. The zero-order chi connectivity index (χ0) is 18.6. The molecule has 3 N–H and O–H groups in total. The van der Waals surface area contributed by atoms with Gasteiger partial charge in [-0.3, -0.25) is 4.79 Å². The van der Waals surface area contributed by atoms with E-state index in [1.807, 2.05) is 16.9 Å². The number of carboxylic acid groups (broad SMARTS) is 1. The Morgan fingerprint density at radius 1 is 1.04 bits per heavy atom. The second kappa shape index (κ2) is 7.64. The summed E-state index contributed by atoms with van der Waals surface area (Å²) in [6.07, 6.45) is -1.37. The van der Waals surface area contributed by atoms with E-state index in [2.05, 4.69) is 0 Å². The lowest BCUT2D eigenvalue weighted by molar-refractivity contribution is -0.141. The van der Waals surface area contributed by atoms with E-state index < -0.39 is 28.1 Å². The summed E-state index contributed by atoms with van der Waals surface area (Å²) in [6, 6.07) is 11.6. The minimum Gasteiger partial charge on any atom is -0.497 e. The van der Waals surface area contributed by atoms with Crippen molar-refractivity contribution in [2.45, 2.75) is 24.0 Å². The number of sulfonamides is 1. The number of nitrogens with one attached hydrogen (secondary N) is 1. The summed E-state index contributed by atoms with van der Waals surface area (Å²) in [5, 5.41) is 18.4. The van der Waals surface area contributed by atoms with E-state index >= 15 is 0 Å². The molecule has 0 radical (unpaired) electrons. The molecule has 2 rings (SSSR count). The average Bonchev–Trinajstić information content (AvgIpc) is 2.59.